The Morgan fingerprint density at radius 1 is 1.45 bits per heavy atom. The second kappa shape index (κ2) is 6.51. The van der Waals surface area contributed by atoms with Gasteiger partial charge in [-0.15, -0.1) is 0 Å². The largest absolute Gasteiger partial charge is 0.373 e. The second-order valence-corrected chi connectivity index (χ2v) is 4.89. The number of likely N-dealkylation sites (N-methyl/N-ethyl adjacent to an activating group) is 1. The molecule has 0 amide bonds. The number of anilines is 2. The molecule has 1 aliphatic carbocycles. The van der Waals surface area contributed by atoms with Crippen LogP contribution in [0.5, 0.6) is 0 Å². The molecule has 0 spiro atoms. The predicted octanol–water partition coefficient (Wildman–Crippen LogP) is 1.93. The average molecular weight is 279 g/mol. The number of hydrogen-bond donors (Lipinski definition) is 2. The molecule has 0 atom stereocenters. The molecule has 0 saturated heterocycles. The fraction of sp³-hybridized carbons (Fsp3) is 0.615. The van der Waals surface area contributed by atoms with Crippen molar-refractivity contribution < 1.29 is 4.92 Å². The molecule has 2 N–H and O–H groups in total. The summed E-state index contributed by atoms with van der Waals surface area (Å²) in [5.74, 6) is 1.03. The zero-order valence-electron chi connectivity index (χ0n) is 11.9. The molecule has 0 aromatic carbocycles. The first-order valence-corrected chi connectivity index (χ1v) is 6.96. The molecule has 1 fully saturated rings. The number of hydrogen-bond acceptors (Lipinski definition) is 6. The molecule has 2 rings (SSSR count). The summed E-state index contributed by atoms with van der Waals surface area (Å²) in [5.41, 5.74) is 0.0430. The quantitative estimate of drug-likeness (QED) is 0.559. The van der Waals surface area contributed by atoms with Gasteiger partial charge in [-0.2, -0.15) is 0 Å². The molecule has 7 heteroatoms. The molecule has 20 heavy (non-hydrogen) atoms. The zero-order chi connectivity index (χ0) is 14.5. The average Bonchev–Trinajstić information content (AvgIpc) is 3.27. The van der Waals surface area contributed by atoms with Gasteiger partial charge in [0.2, 0.25) is 0 Å². The van der Waals surface area contributed by atoms with Gasteiger partial charge in [-0.1, -0.05) is 6.92 Å². The van der Waals surface area contributed by atoms with Gasteiger partial charge in [0.05, 0.1) is 17.1 Å². The van der Waals surface area contributed by atoms with Crippen molar-refractivity contribution in [2.75, 3.05) is 37.3 Å². The van der Waals surface area contributed by atoms with E-state index in [1.807, 2.05) is 0 Å². The van der Waals surface area contributed by atoms with E-state index in [1.54, 1.807) is 7.05 Å². The third-order valence-corrected chi connectivity index (χ3v) is 3.45. The Labute approximate surface area is 118 Å². The monoisotopic (exact) mass is 279 g/mol. The van der Waals surface area contributed by atoms with E-state index in [4.69, 9.17) is 0 Å². The number of rotatable bonds is 8. The molecule has 0 unspecified atom stereocenters. The van der Waals surface area contributed by atoms with Crippen molar-refractivity contribution in [3.8, 4) is 0 Å². The Morgan fingerprint density at radius 2 is 2.15 bits per heavy atom. The highest BCUT2D eigenvalue weighted by Gasteiger charge is 2.27. The van der Waals surface area contributed by atoms with Gasteiger partial charge >= 0.3 is 0 Å². The maximum Gasteiger partial charge on any atom is 0.276 e. The zero-order valence-corrected chi connectivity index (χ0v) is 11.9. The van der Waals surface area contributed by atoms with Crippen LogP contribution in [-0.2, 0) is 0 Å². The van der Waals surface area contributed by atoms with E-state index in [-0.39, 0.29) is 5.69 Å². The van der Waals surface area contributed by atoms with Crippen LogP contribution in [0.3, 0.4) is 0 Å². The van der Waals surface area contributed by atoms with Crippen molar-refractivity contribution in [2.24, 2.45) is 0 Å². The SMILES string of the molecule is CCN(CCNc1cc([N+](=O)[O-])cc(NC)n1)C1CC1. The van der Waals surface area contributed by atoms with Gasteiger partial charge in [0, 0.05) is 26.2 Å². The van der Waals surface area contributed by atoms with Crippen molar-refractivity contribution in [2.45, 2.75) is 25.8 Å². The maximum absolute atomic E-state index is 10.9. The Balaban J connectivity index is 1.94. The minimum atomic E-state index is -0.407. The van der Waals surface area contributed by atoms with Crippen LogP contribution in [0.2, 0.25) is 0 Å². The first-order chi connectivity index (χ1) is 9.63. The summed E-state index contributed by atoms with van der Waals surface area (Å²) >= 11 is 0. The Hall–Kier alpha value is -1.89. The lowest BCUT2D eigenvalue weighted by molar-refractivity contribution is -0.384. The third kappa shape index (κ3) is 3.80. The van der Waals surface area contributed by atoms with E-state index >= 15 is 0 Å². The summed E-state index contributed by atoms with van der Waals surface area (Å²) < 4.78 is 0. The number of nitro groups is 1. The number of nitrogens with one attached hydrogen (secondary N) is 2. The van der Waals surface area contributed by atoms with Crippen LogP contribution in [0.15, 0.2) is 12.1 Å². The topological polar surface area (TPSA) is 83.3 Å². The minimum Gasteiger partial charge on any atom is -0.373 e. The van der Waals surface area contributed by atoms with Gasteiger partial charge in [-0.05, 0) is 19.4 Å². The molecule has 0 bridgehead atoms. The summed E-state index contributed by atoms with van der Waals surface area (Å²) in [4.78, 5) is 17.1. The molecule has 7 nitrogen and oxygen atoms in total. The van der Waals surface area contributed by atoms with E-state index in [0.29, 0.717) is 11.6 Å². The van der Waals surface area contributed by atoms with Crippen LogP contribution in [0, 0.1) is 10.1 Å². The Bertz CT molecular complexity index is 476. The molecule has 1 aromatic heterocycles. The van der Waals surface area contributed by atoms with E-state index in [1.165, 1.54) is 25.0 Å². The normalized spacial score (nSPS) is 14.3. The van der Waals surface area contributed by atoms with E-state index in [2.05, 4.69) is 27.4 Å². The van der Waals surface area contributed by atoms with Crippen LogP contribution >= 0.6 is 0 Å². The van der Waals surface area contributed by atoms with Gasteiger partial charge < -0.3 is 10.6 Å². The smallest absolute Gasteiger partial charge is 0.276 e. The van der Waals surface area contributed by atoms with Crippen LogP contribution in [0.25, 0.3) is 0 Å². The molecule has 1 heterocycles. The van der Waals surface area contributed by atoms with Crippen LogP contribution in [0.1, 0.15) is 19.8 Å². The highest BCUT2D eigenvalue weighted by atomic mass is 16.6. The van der Waals surface area contributed by atoms with Gasteiger partial charge in [0.25, 0.3) is 5.69 Å². The summed E-state index contributed by atoms with van der Waals surface area (Å²) in [6.45, 7) is 4.86. The van der Waals surface area contributed by atoms with Gasteiger partial charge in [0.1, 0.15) is 11.6 Å². The lowest BCUT2D eigenvalue weighted by atomic mass is 10.3. The second-order valence-electron chi connectivity index (χ2n) is 4.89. The lowest BCUT2D eigenvalue weighted by Gasteiger charge is -2.19. The standard InChI is InChI=1S/C13H21N5O2/c1-3-17(10-4-5-10)7-6-15-13-9-11(18(19)20)8-12(14-2)16-13/h8-10H,3-7H2,1-2H3,(H2,14,15,16). The van der Waals surface area contributed by atoms with E-state index in [9.17, 15) is 10.1 Å². The molecular weight excluding hydrogens is 258 g/mol. The van der Waals surface area contributed by atoms with Crippen molar-refractivity contribution >= 4 is 17.3 Å². The van der Waals surface area contributed by atoms with Crippen LogP contribution in [-0.4, -0.2) is 47.5 Å². The predicted molar refractivity (Wildman–Crippen MR) is 79.2 cm³/mol. The fourth-order valence-electron chi connectivity index (χ4n) is 2.21. The van der Waals surface area contributed by atoms with Crippen molar-refractivity contribution in [3.63, 3.8) is 0 Å². The number of aromatic nitrogens is 1. The summed E-state index contributed by atoms with van der Waals surface area (Å²) in [6.07, 6.45) is 2.57. The van der Waals surface area contributed by atoms with Crippen molar-refractivity contribution in [1.82, 2.24) is 9.88 Å². The number of pyridine rings is 1. The lowest BCUT2D eigenvalue weighted by Crippen LogP contribution is -2.31. The molecule has 0 radical (unpaired) electrons. The highest BCUT2D eigenvalue weighted by Crippen LogP contribution is 2.26. The molecule has 110 valence electrons. The first-order valence-electron chi connectivity index (χ1n) is 6.96. The van der Waals surface area contributed by atoms with Crippen LogP contribution in [0.4, 0.5) is 17.3 Å². The summed E-state index contributed by atoms with van der Waals surface area (Å²) in [6, 6.07) is 3.62. The third-order valence-electron chi connectivity index (χ3n) is 3.45. The van der Waals surface area contributed by atoms with Crippen molar-refractivity contribution in [3.05, 3.63) is 22.2 Å². The van der Waals surface area contributed by atoms with Gasteiger partial charge in [0.15, 0.2) is 0 Å². The van der Waals surface area contributed by atoms with Gasteiger partial charge in [-0.25, -0.2) is 4.98 Å². The van der Waals surface area contributed by atoms with Gasteiger partial charge in [-0.3, -0.25) is 15.0 Å². The summed E-state index contributed by atoms with van der Waals surface area (Å²) in [7, 11) is 1.70. The molecular formula is C13H21N5O2. The first kappa shape index (κ1) is 14.5. The molecule has 1 aliphatic rings. The number of nitrogens with zero attached hydrogens (tertiary/aromatic N) is 3. The molecule has 1 aromatic rings. The Kier molecular flexibility index (Phi) is 4.73. The van der Waals surface area contributed by atoms with Crippen molar-refractivity contribution in [1.29, 1.82) is 0 Å². The maximum atomic E-state index is 10.9. The van der Waals surface area contributed by atoms with Crippen LogP contribution < -0.4 is 10.6 Å². The van der Waals surface area contributed by atoms with E-state index in [0.717, 1.165) is 25.7 Å². The Morgan fingerprint density at radius 3 is 2.70 bits per heavy atom. The summed E-state index contributed by atoms with van der Waals surface area (Å²) in [5, 5.41) is 16.9. The molecule has 1 saturated carbocycles. The van der Waals surface area contributed by atoms with E-state index < -0.39 is 4.92 Å². The molecule has 0 aliphatic heterocycles. The fourth-order valence-corrected chi connectivity index (χ4v) is 2.21. The highest BCUT2D eigenvalue weighted by molar-refractivity contribution is 5.54. The minimum absolute atomic E-state index is 0.0430.